The molecule has 1 unspecified atom stereocenters. The van der Waals surface area contributed by atoms with Gasteiger partial charge in [0.25, 0.3) is 0 Å². The zero-order chi connectivity index (χ0) is 10.7. The van der Waals surface area contributed by atoms with Crippen molar-refractivity contribution in [3.05, 3.63) is 12.4 Å². The van der Waals surface area contributed by atoms with E-state index in [0.717, 1.165) is 6.54 Å². The van der Waals surface area contributed by atoms with Gasteiger partial charge in [0.1, 0.15) is 5.82 Å². The number of nitrogens with zero attached hydrogens (tertiary/aromatic N) is 2. The monoisotopic (exact) mass is 208 g/mol. The lowest BCUT2D eigenvalue weighted by Gasteiger charge is -2.11. The van der Waals surface area contributed by atoms with E-state index in [1.54, 1.807) is 19.5 Å². The van der Waals surface area contributed by atoms with Crippen LogP contribution in [0.4, 0.5) is 5.82 Å². The van der Waals surface area contributed by atoms with Gasteiger partial charge in [0.2, 0.25) is 5.88 Å². The van der Waals surface area contributed by atoms with Crippen LogP contribution >= 0.6 is 0 Å². The lowest BCUT2D eigenvalue weighted by atomic mass is 10.2. The van der Waals surface area contributed by atoms with E-state index in [9.17, 15) is 0 Å². The minimum absolute atomic E-state index is 0.220. The van der Waals surface area contributed by atoms with Crippen LogP contribution in [0.1, 0.15) is 12.8 Å². The van der Waals surface area contributed by atoms with E-state index in [2.05, 4.69) is 15.3 Å². The van der Waals surface area contributed by atoms with Gasteiger partial charge in [-0.25, -0.2) is 0 Å². The highest BCUT2D eigenvalue weighted by molar-refractivity contribution is 5.33. The Labute approximate surface area is 89.1 Å². The number of methoxy groups -OCH3 is 1. The van der Waals surface area contributed by atoms with Crippen LogP contribution in [0.5, 0.6) is 5.88 Å². The largest absolute Gasteiger partial charge is 0.480 e. The molecule has 5 heteroatoms. The van der Waals surface area contributed by atoms with Gasteiger partial charge in [0.05, 0.1) is 19.5 Å². The molecule has 1 aliphatic carbocycles. The van der Waals surface area contributed by atoms with Crippen LogP contribution in [0.25, 0.3) is 0 Å². The molecule has 15 heavy (non-hydrogen) atoms. The fraction of sp³-hybridized carbons (Fsp3) is 0.600. The second kappa shape index (κ2) is 4.44. The van der Waals surface area contributed by atoms with Crippen LogP contribution in [0, 0.1) is 5.92 Å². The Kier molecular flexibility index (Phi) is 3.01. The van der Waals surface area contributed by atoms with Crippen LogP contribution in [-0.4, -0.2) is 29.7 Å². The maximum absolute atomic E-state index is 5.96. The maximum Gasteiger partial charge on any atom is 0.233 e. The molecule has 1 saturated carbocycles. The zero-order valence-corrected chi connectivity index (χ0v) is 8.81. The van der Waals surface area contributed by atoms with Crippen LogP contribution < -0.4 is 15.8 Å². The molecule has 3 N–H and O–H groups in total. The highest BCUT2D eigenvalue weighted by atomic mass is 16.5. The summed E-state index contributed by atoms with van der Waals surface area (Å²) in [7, 11) is 1.57. The summed E-state index contributed by atoms with van der Waals surface area (Å²) in [4.78, 5) is 8.19. The Morgan fingerprint density at radius 2 is 2.40 bits per heavy atom. The molecule has 0 spiro atoms. The topological polar surface area (TPSA) is 73.1 Å². The number of hydrogen-bond donors (Lipinski definition) is 2. The van der Waals surface area contributed by atoms with Gasteiger partial charge >= 0.3 is 0 Å². The first-order chi connectivity index (χ1) is 7.29. The number of ether oxygens (including phenoxy) is 1. The summed E-state index contributed by atoms with van der Waals surface area (Å²) in [5.41, 5.74) is 5.96. The zero-order valence-electron chi connectivity index (χ0n) is 8.81. The highest BCUT2D eigenvalue weighted by Gasteiger charge is 2.28. The van der Waals surface area contributed by atoms with E-state index in [-0.39, 0.29) is 6.04 Å². The van der Waals surface area contributed by atoms with Crippen molar-refractivity contribution < 1.29 is 4.74 Å². The molecule has 0 bridgehead atoms. The first-order valence-electron chi connectivity index (χ1n) is 5.15. The quantitative estimate of drug-likeness (QED) is 0.742. The first kappa shape index (κ1) is 10.2. The first-order valence-corrected chi connectivity index (χ1v) is 5.15. The third-order valence-electron chi connectivity index (χ3n) is 2.57. The van der Waals surface area contributed by atoms with Crippen molar-refractivity contribution in [2.24, 2.45) is 11.7 Å². The number of rotatable bonds is 5. The summed E-state index contributed by atoms with van der Waals surface area (Å²) < 4.78 is 4.98. The van der Waals surface area contributed by atoms with Gasteiger partial charge in [-0.3, -0.25) is 4.98 Å². The lowest BCUT2D eigenvalue weighted by molar-refractivity contribution is 0.396. The fourth-order valence-electron chi connectivity index (χ4n) is 1.45. The van der Waals surface area contributed by atoms with Gasteiger partial charge in [0.15, 0.2) is 0 Å². The van der Waals surface area contributed by atoms with Crippen LogP contribution in [0.2, 0.25) is 0 Å². The van der Waals surface area contributed by atoms with E-state index in [1.165, 1.54) is 12.8 Å². The van der Waals surface area contributed by atoms with Crippen LogP contribution in [0.15, 0.2) is 12.4 Å². The van der Waals surface area contributed by atoms with Crippen LogP contribution in [0.3, 0.4) is 0 Å². The van der Waals surface area contributed by atoms with Crippen molar-refractivity contribution in [2.45, 2.75) is 18.9 Å². The molecule has 0 aliphatic heterocycles. The van der Waals surface area contributed by atoms with E-state index >= 15 is 0 Å². The summed E-state index contributed by atoms with van der Waals surface area (Å²) in [6.07, 6.45) is 5.76. The van der Waals surface area contributed by atoms with E-state index < -0.39 is 0 Å². The number of nitrogens with one attached hydrogen (secondary N) is 1. The molecule has 5 nitrogen and oxygen atoms in total. The highest BCUT2D eigenvalue weighted by Crippen LogP contribution is 2.31. The number of aromatic nitrogens is 2. The Morgan fingerprint density at radius 3 is 3.07 bits per heavy atom. The molecule has 0 amide bonds. The predicted molar refractivity (Wildman–Crippen MR) is 57.8 cm³/mol. The number of nitrogens with two attached hydrogens (primary N) is 1. The van der Waals surface area contributed by atoms with Crippen molar-refractivity contribution in [2.75, 3.05) is 19.0 Å². The standard InChI is InChI=1S/C10H16N4O/c1-15-10-6-12-5-9(14-10)13-4-8(11)7-2-3-7/h5-8H,2-4,11H2,1H3,(H,13,14). The number of anilines is 1. The molecule has 1 heterocycles. The van der Waals surface area contributed by atoms with Crippen molar-refractivity contribution in [1.82, 2.24) is 9.97 Å². The third kappa shape index (κ3) is 2.79. The molecule has 0 saturated heterocycles. The molecule has 0 aromatic carbocycles. The Bertz CT molecular complexity index is 327. The van der Waals surface area contributed by atoms with Gasteiger partial charge in [-0.1, -0.05) is 0 Å². The average molecular weight is 208 g/mol. The SMILES string of the molecule is COc1cncc(NCC(N)C2CC2)n1. The van der Waals surface area contributed by atoms with Crippen molar-refractivity contribution >= 4 is 5.82 Å². The summed E-state index contributed by atoms with van der Waals surface area (Å²) in [6, 6.07) is 0.220. The smallest absolute Gasteiger partial charge is 0.233 e. The van der Waals surface area contributed by atoms with Gasteiger partial charge in [-0.2, -0.15) is 4.98 Å². The predicted octanol–water partition coefficient (Wildman–Crippen LogP) is 0.634. The average Bonchev–Trinajstić information content (AvgIpc) is 3.10. The van der Waals surface area contributed by atoms with E-state index in [4.69, 9.17) is 10.5 Å². The van der Waals surface area contributed by atoms with Gasteiger partial charge in [-0.05, 0) is 18.8 Å². The molecule has 1 fully saturated rings. The molecular formula is C10H16N4O. The molecule has 1 aliphatic rings. The molecular weight excluding hydrogens is 192 g/mol. The second-order valence-electron chi connectivity index (χ2n) is 3.83. The summed E-state index contributed by atoms with van der Waals surface area (Å²) in [5.74, 6) is 1.92. The van der Waals surface area contributed by atoms with Gasteiger partial charge in [-0.15, -0.1) is 0 Å². The number of hydrogen-bond acceptors (Lipinski definition) is 5. The maximum atomic E-state index is 5.96. The second-order valence-corrected chi connectivity index (χ2v) is 3.83. The fourth-order valence-corrected chi connectivity index (χ4v) is 1.45. The minimum atomic E-state index is 0.220. The Balaban J connectivity index is 1.86. The van der Waals surface area contributed by atoms with Crippen molar-refractivity contribution in [1.29, 1.82) is 0 Å². The van der Waals surface area contributed by atoms with Crippen LogP contribution in [-0.2, 0) is 0 Å². The molecule has 0 radical (unpaired) electrons. The lowest BCUT2D eigenvalue weighted by Crippen LogP contribution is -2.31. The Morgan fingerprint density at radius 1 is 1.60 bits per heavy atom. The van der Waals surface area contributed by atoms with E-state index in [0.29, 0.717) is 17.6 Å². The van der Waals surface area contributed by atoms with Gasteiger partial charge in [0, 0.05) is 12.6 Å². The summed E-state index contributed by atoms with van der Waals surface area (Å²) in [6.45, 7) is 0.743. The molecule has 1 aromatic rings. The minimum Gasteiger partial charge on any atom is -0.480 e. The molecule has 1 atom stereocenters. The summed E-state index contributed by atoms with van der Waals surface area (Å²) >= 11 is 0. The molecule has 1 aromatic heterocycles. The van der Waals surface area contributed by atoms with Crippen molar-refractivity contribution in [3.8, 4) is 5.88 Å². The summed E-state index contributed by atoms with van der Waals surface area (Å²) in [5, 5.41) is 3.16. The Hall–Kier alpha value is -1.36. The third-order valence-corrected chi connectivity index (χ3v) is 2.57. The molecule has 2 rings (SSSR count). The van der Waals surface area contributed by atoms with E-state index in [1.807, 2.05) is 0 Å². The van der Waals surface area contributed by atoms with Gasteiger partial charge < -0.3 is 15.8 Å². The normalized spacial score (nSPS) is 17.2. The van der Waals surface area contributed by atoms with Crippen molar-refractivity contribution in [3.63, 3.8) is 0 Å². The molecule has 82 valence electrons.